The average molecular weight is 598 g/mol. The first-order valence-corrected chi connectivity index (χ1v) is 14.5. The Morgan fingerprint density at radius 2 is 1.74 bits per heavy atom. The van der Waals surface area contributed by atoms with E-state index in [-0.39, 0.29) is 42.8 Å². The van der Waals surface area contributed by atoms with Crippen LogP contribution in [0.2, 0.25) is 0 Å². The van der Waals surface area contributed by atoms with Crippen LogP contribution in [0, 0.1) is 18.7 Å². The molecule has 0 aliphatic carbocycles. The Labute approximate surface area is 250 Å². The molecular formula is C32H40FN3O7. The highest BCUT2D eigenvalue weighted by molar-refractivity contribution is 5.91. The van der Waals surface area contributed by atoms with E-state index in [1.54, 1.807) is 22.9 Å². The number of para-hydroxylation sites is 1. The third kappa shape index (κ3) is 7.99. The average Bonchev–Trinajstić information content (AvgIpc) is 3.24. The first-order valence-electron chi connectivity index (χ1n) is 14.5. The second-order valence-corrected chi connectivity index (χ2v) is 10.2. The molecule has 3 atom stereocenters. The van der Waals surface area contributed by atoms with Crippen LogP contribution in [0.3, 0.4) is 0 Å². The monoisotopic (exact) mass is 597 g/mol. The molecule has 11 heteroatoms. The summed E-state index contributed by atoms with van der Waals surface area (Å²) < 4.78 is 39.9. The SMILES string of the molecule is CCOC1OC(C(=O)NCc2ccc(F)cc2)=CC(c2c(C)n(C)n(-c3ccccc3)c2=O)C1CCOCCOCCO. The first kappa shape index (κ1) is 32.2. The summed E-state index contributed by atoms with van der Waals surface area (Å²) >= 11 is 0. The van der Waals surface area contributed by atoms with Crippen LogP contribution < -0.4 is 10.9 Å². The van der Waals surface area contributed by atoms with Crippen molar-refractivity contribution < 1.29 is 33.2 Å². The predicted octanol–water partition coefficient (Wildman–Crippen LogP) is 3.33. The number of hydrogen-bond donors (Lipinski definition) is 2. The topological polar surface area (TPSA) is 113 Å². The van der Waals surface area contributed by atoms with E-state index in [9.17, 15) is 14.0 Å². The van der Waals surface area contributed by atoms with Gasteiger partial charge in [-0.15, -0.1) is 0 Å². The van der Waals surface area contributed by atoms with E-state index in [2.05, 4.69) is 5.32 Å². The van der Waals surface area contributed by atoms with Gasteiger partial charge in [-0.1, -0.05) is 30.3 Å². The maximum absolute atomic E-state index is 14.0. The number of allylic oxidation sites excluding steroid dienone is 1. The number of aromatic nitrogens is 2. The fourth-order valence-corrected chi connectivity index (χ4v) is 5.22. The summed E-state index contributed by atoms with van der Waals surface area (Å²) in [6.45, 7) is 5.44. The first-order chi connectivity index (χ1) is 20.8. The fourth-order valence-electron chi connectivity index (χ4n) is 5.22. The number of halogens is 1. The van der Waals surface area contributed by atoms with Gasteiger partial charge >= 0.3 is 0 Å². The largest absolute Gasteiger partial charge is 0.459 e. The van der Waals surface area contributed by atoms with Crippen LogP contribution in [0.15, 0.2) is 71.2 Å². The van der Waals surface area contributed by atoms with Crippen LogP contribution in [-0.4, -0.2) is 66.3 Å². The molecule has 4 rings (SSSR count). The van der Waals surface area contributed by atoms with E-state index in [0.29, 0.717) is 38.4 Å². The minimum atomic E-state index is -0.815. The maximum atomic E-state index is 14.0. The fraction of sp³-hybridized carbons (Fsp3) is 0.438. The minimum Gasteiger partial charge on any atom is -0.459 e. The van der Waals surface area contributed by atoms with E-state index in [0.717, 1.165) is 16.9 Å². The van der Waals surface area contributed by atoms with Gasteiger partial charge in [0.15, 0.2) is 5.76 Å². The van der Waals surface area contributed by atoms with Crippen LogP contribution in [0.4, 0.5) is 4.39 Å². The standard InChI is InChI=1S/C32H40FN3O7/c1-4-42-32-26(14-16-40-18-19-41-17-15-37)27(20-28(43-32)30(38)34-21-23-10-12-24(33)13-11-23)29-22(2)35(3)36(31(29)39)25-8-6-5-7-9-25/h5-13,20,26-27,32,37H,4,14-19,21H2,1-3H3,(H,34,38). The van der Waals surface area contributed by atoms with Crippen molar-refractivity contribution in [2.24, 2.45) is 13.0 Å². The van der Waals surface area contributed by atoms with Gasteiger partial charge in [0, 0.05) is 49.9 Å². The number of carbonyl (C=O) groups excluding carboxylic acids is 1. The second kappa shape index (κ2) is 15.6. The van der Waals surface area contributed by atoms with Crippen molar-refractivity contribution in [3.63, 3.8) is 0 Å². The number of aliphatic hydroxyl groups is 1. The molecule has 3 aromatic rings. The van der Waals surface area contributed by atoms with Gasteiger partial charge in [-0.3, -0.25) is 14.3 Å². The second-order valence-electron chi connectivity index (χ2n) is 10.2. The normalized spacial score (nSPS) is 18.3. The van der Waals surface area contributed by atoms with E-state index in [1.807, 2.05) is 55.9 Å². The lowest BCUT2D eigenvalue weighted by Crippen LogP contribution is -2.40. The lowest BCUT2D eigenvalue weighted by Gasteiger charge is -2.36. The highest BCUT2D eigenvalue weighted by Gasteiger charge is 2.41. The Morgan fingerprint density at radius 3 is 2.42 bits per heavy atom. The summed E-state index contributed by atoms with van der Waals surface area (Å²) in [4.78, 5) is 27.4. The zero-order valence-corrected chi connectivity index (χ0v) is 24.8. The van der Waals surface area contributed by atoms with Gasteiger partial charge in [-0.25, -0.2) is 9.07 Å². The molecule has 43 heavy (non-hydrogen) atoms. The van der Waals surface area contributed by atoms with Crippen molar-refractivity contribution in [2.75, 3.05) is 39.6 Å². The van der Waals surface area contributed by atoms with Crippen molar-refractivity contribution in [1.29, 1.82) is 0 Å². The maximum Gasteiger partial charge on any atom is 0.286 e. The Kier molecular flexibility index (Phi) is 11.7. The van der Waals surface area contributed by atoms with Crippen molar-refractivity contribution >= 4 is 5.91 Å². The summed E-state index contributed by atoms with van der Waals surface area (Å²) in [5.74, 6) is -1.64. The van der Waals surface area contributed by atoms with Crippen LogP contribution in [0.25, 0.3) is 5.69 Å². The number of benzene rings is 2. The van der Waals surface area contributed by atoms with Crippen molar-refractivity contribution in [3.05, 3.63) is 99.4 Å². The lowest BCUT2D eigenvalue weighted by atomic mass is 9.81. The number of rotatable bonds is 15. The molecule has 1 aliphatic heterocycles. The number of hydrogen-bond acceptors (Lipinski definition) is 7. The molecule has 1 aliphatic rings. The van der Waals surface area contributed by atoms with E-state index in [4.69, 9.17) is 24.1 Å². The number of amides is 1. The van der Waals surface area contributed by atoms with Gasteiger partial charge in [0.25, 0.3) is 11.5 Å². The number of nitrogens with zero attached hydrogens (tertiary/aromatic N) is 2. The molecule has 0 saturated carbocycles. The summed E-state index contributed by atoms with van der Waals surface area (Å²) in [6, 6.07) is 15.2. The Balaban J connectivity index is 1.66. The number of carbonyl (C=O) groups is 1. The molecule has 1 aromatic heterocycles. The van der Waals surface area contributed by atoms with Crippen molar-refractivity contribution in [2.45, 2.75) is 39.0 Å². The van der Waals surface area contributed by atoms with Crippen LogP contribution in [0.5, 0.6) is 0 Å². The molecular weight excluding hydrogens is 557 g/mol. The van der Waals surface area contributed by atoms with E-state index < -0.39 is 18.1 Å². The van der Waals surface area contributed by atoms with Gasteiger partial charge < -0.3 is 29.4 Å². The molecule has 10 nitrogen and oxygen atoms in total. The van der Waals surface area contributed by atoms with Crippen LogP contribution in [-0.2, 0) is 37.3 Å². The Hall–Kier alpha value is -3.77. The molecule has 3 unspecified atom stereocenters. The van der Waals surface area contributed by atoms with Crippen molar-refractivity contribution in [3.8, 4) is 5.69 Å². The zero-order chi connectivity index (χ0) is 30.8. The quantitative estimate of drug-likeness (QED) is 0.259. The third-order valence-corrected chi connectivity index (χ3v) is 7.44. The summed E-state index contributed by atoms with van der Waals surface area (Å²) in [5.41, 5.74) is 2.55. The van der Waals surface area contributed by atoms with Crippen LogP contribution in [0.1, 0.15) is 36.1 Å². The molecule has 2 heterocycles. The Bertz CT molecular complexity index is 1420. The Morgan fingerprint density at radius 1 is 1.05 bits per heavy atom. The summed E-state index contributed by atoms with van der Waals surface area (Å²) in [6.07, 6.45) is 1.36. The number of aliphatic hydroxyl groups excluding tert-OH is 1. The highest BCUT2D eigenvalue weighted by Crippen LogP contribution is 2.39. The third-order valence-electron chi connectivity index (χ3n) is 7.44. The summed E-state index contributed by atoms with van der Waals surface area (Å²) in [7, 11) is 1.83. The molecule has 0 fully saturated rings. The molecule has 0 spiro atoms. The molecule has 2 N–H and O–H groups in total. The van der Waals surface area contributed by atoms with Crippen molar-refractivity contribution in [1.82, 2.24) is 14.7 Å². The van der Waals surface area contributed by atoms with Gasteiger partial charge in [0.2, 0.25) is 6.29 Å². The lowest BCUT2D eigenvalue weighted by molar-refractivity contribution is -0.168. The predicted molar refractivity (Wildman–Crippen MR) is 158 cm³/mol. The van der Waals surface area contributed by atoms with E-state index >= 15 is 0 Å². The zero-order valence-electron chi connectivity index (χ0n) is 24.8. The van der Waals surface area contributed by atoms with E-state index in [1.165, 1.54) is 12.1 Å². The molecule has 2 aromatic carbocycles. The molecule has 0 saturated heterocycles. The smallest absolute Gasteiger partial charge is 0.286 e. The molecule has 0 radical (unpaired) electrons. The molecule has 1 amide bonds. The molecule has 0 bridgehead atoms. The highest BCUT2D eigenvalue weighted by atomic mass is 19.1. The number of ether oxygens (including phenoxy) is 4. The van der Waals surface area contributed by atoms with Gasteiger partial charge in [-0.05, 0) is 56.2 Å². The van der Waals surface area contributed by atoms with Gasteiger partial charge in [0.05, 0.1) is 32.1 Å². The van der Waals surface area contributed by atoms with Gasteiger partial charge in [-0.2, -0.15) is 0 Å². The number of nitrogens with one attached hydrogen (secondary N) is 1. The molecule has 232 valence electrons. The summed E-state index contributed by atoms with van der Waals surface area (Å²) in [5, 5.41) is 11.7. The minimum absolute atomic E-state index is 0.0500. The van der Waals surface area contributed by atoms with Crippen LogP contribution >= 0.6 is 0 Å². The van der Waals surface area contributed by atoms with Gasteiger partial charge in [0.1, 0.15) is 5.82 Å².